The van der Waals surface area contributed by atoms with Crippen molar-refractivity contribution in [3.63, 3.8) is 0 Å². The predicted molar refractivity (Wildman–Crippen MR) is 105 cm³/mol. The van der Waals surface area contributed by atoms with E-state index in [-0.39, 0.29) is 5.92 Å². The summed E-state index contributed by atoms with van der Waals surface area (Å²) >= 11 is 0. The molecule has 4 rings (SSSR count). The zero-order chi connectivity index (χ0) is 17.8. The van der Waals surface area contributed by atoms with Gasteiger partial charge in [0, 0.05) is 25.6 Å². The van der Waals surface area contributed by atoms with Gasteiger partial charge in [0.2, 0.25) is 11.9 Å². The number of nitrogens with zero attached hydrogens (tertiary/aromatic N) is 3. The Kier molecular flexibility index (Phi) is 5.57. The Hall–Kier alpha value is -1.84. The molecule has 26 heavy (non-hydrogen) atoms. The maximum Gasteiger partial charge on any atom is 0.232 e. The Morgan fingerprint density at radius 3 is 2.42 bits per heavy atom. The predicted octanol–water partition coefficient (Wildman–Crippen LogP) is 3.72. The average molecular weight is 354 g/mol. The maximum absolute atomic E-state index is 13.0. The van der Waals surface area contributed by atoms with Crippen LogP contribution in [0.25, 0.3) is 0 Å². The molecule has 3 aliphatic rings. The van der Waals surface area contributed by atoms with E-state index in [1.807, 2.05) is 4.90 Å². The van der Waals surface area contributed by atoms with Gasteiger partial charge in [0.1, 0.15) is 0 Å². The van der Waals surface area contributed by atoms with Crippen molar-refractivity contribution in [2.45, 2.75) is 51.4 Å². The fourth-order valence-corrected chi connectivity index (χ4v) is 4.77. The Balaban J connectivity index is 1.32. The lowest BCUT2D eigenvalue weighted by Gasteiger charge is -2.37. The molecule has 1 saturated heterocycles. The van der Waals surface area contributed by atoms with Crippen LogP contribution in [0.2, 0.25) is 0 Å². The largest absolute Gasteiger partial charge is 0.342 e. The van der Waals surface area contributed by atoms with E-state index >= 15 is 0 Å². The lowest BCUT2D eigenvalue weighted by Crippen LogP contribution is -2.49. The van der Waals surface area contributed by atoms with Gasteiger partial charge in [-0.25, -0.2) is 0 Å². The highest BCUT2D eigenvalue weighted by Gasteiger charge is 2.34. The van der Waals surface area contributed by atoms with Crippen LogP contribution in [-0.2, 0) is 11.2 Å². The van der Waals surface area contributed by atoms with Crippen molar-refractivity contribution in [2.75, 3.05) is 26.2 Å². The number of carbonyl (C=O) groups is 1. The standard InChI is InChI=1S/C22H31N3O/c26-21(20-9-5-2-6-10-20)25-16-13-23-22(25)24-14-11-19(12-15-24)17-18-7-3-1-4-8-18/h1,3-4,7-8,19-20H,2,5-6,9-17H2. The molecule has 2 heterocycles. The normalized spacial score (nSPS) is 22.5. The van der Waals surface area contributed by atoms with Gasteiger partial charge in [0.05, 0.1) is 6.54 Å². The highest BCUT2D eigenvalue weighted by Crippen LogP contribution is 2.28. The van der Waals surface area contributed by atoms with Gasteiger partial charge < -0.3 is 4.90 Å². The van der Waals surface area contributed by atoms with Crippen molar-refractivity contribution in [1.29, 1.82) is 0 Å². The Labute approximate surface area is 157 Å². The molecule has 0 atom stereocenters. The molecule has 140 valence electrons. The van der Waals surface area contributed by atoms with Crippen LogP contribution in [0.3, 0.4) is 0 Å². The Bertz CT molecular complexity index is 628. The Morgan fingerprint density at radius 2 is 1.69 bits per heavy atom. The van der Waals surface area contributed by atoms with Gasteiger partial charge in [0.15, 0.2) is 0 Å². The molecule has 2 aliphatic heterocycles. The summed E-state index contributed by atoms with van der Waals surface area (Å²) in [4.78, 5) is 22.1. The van der Waals surface area contributed by atoms with Crippen molar-refractivity contribution < 1.29 is 4.79 Å². The number of likely N-dealkylation sites (tertiary alicyclic amines) is 1. The molecule has 0 N–H and O–H groups in total. The van der Waals surface area contributed by atoms with Gasteiger partial charge in [-0.2, -0.15) is 0 Å². The molecular formula is C22H31N3O. The van der Waals surface area contributed by atoms with E-state index < -0.39 is 0 Å². The quantitative estimate of drug-likeness (QED) is 0.830. The minimum Gasteiger partial charge on any atom is -0.342 e. The zero-order valence-electron chi connectivity index (χ0n) is 15.8. The van der Waals surface area contributed by atoms with Crippen molar-refractivity contribution in [3.05, 3.63) is 35.9 Å². The van der Waals surface area contributed by atoms with E-state index in [0.717, 1.165) is 50.9 Å². The van der Waals surface area contributed by atoms with Gasteiger partial charge in [0.25, 0.3) is 0 Å². The van der Waals surface area contributed by atoms with Crippen LogP contribution in [0.15, 0.2) is 35.3 Å². The van der Waals surface area contributed by atoms with Crippen LogP contribution in [0.4, 0.5) is 0 Å². The van der Waals surface area contributed by atoms with E-state index in [4.69, 9.17) is 4.99 Å². The number of benzene rings is 1. The summed E-state index contributed by atoms with van der Waals surface area (Å²) in [5.41, 5.74) is 1.44. The summed E-state index contributed by atoms with van der Waals surface area (Å²) in [6.07, 6.45) is 9.41. The molecule has 1 aliphatic carbocycles. The van der Waals surface area contributed by atoms with E-state index in [2.05, 4.69) is 35.2 Å². The molecule has 1 saturated carbocycles. The van der Waals surface area contributed by atoms with Crippen LogP contribution in [-0.4, -0.2) is 47.8 Å². The monoisotopic (exact) mass is 353 g/mol. The number of hydrogen-bond donors (Lipinski definition) is 0. The third-order valence-corrected chi connectivity index (χ3v) is 6.30. The van der Waals surface area contributed by atoms with Crippen molar-refractivity contribution in [3.8, 4) is 0 Å². The molecule has 2 fully saturated rings. The minimum absolute atomic E-state index is 0.239. The number of carbonyl (C=O) groups excluding carboxylic acids is 1. The lowest BCUT2D eigenvalue weighted by molar-refractivity contribution is -0.132. The van der Waals surface area contributed by atoms with E-state index in [0.29, 0.717) is 5.91 Å². The van der Waals surface area contributed by atoms with Gasteiger partial charge in [-0.1, -0.05) is 49.6 Å². The van der Waals surface area contributed by atoms with Crippen LogP contribution in [0.5, 0.6) is 0 Å². The summed E-state index contributed by atoms with van der Waals surface area (Å²) in [6.45, 7) is 3.63. The summed E-state index contributed by atoms with van der Waals surface area (Å²) in [6, 6.07) is 10.8. The molecule has 0 bridgehead atoms. The van der Waals surface area contributed by atoms with Crippen molar-refractivity contribution in [2.24, 2.45) is 16.8 Å². The fraction of sp³-hybridized carbons (Fsp3) is 0.636. The number of rotatable bonds is 3. The van der Waals surface area contributed by atoms with E-state index in [1.165, 1.54) is 44.1 Å². The summed E-state index contributed by atoms with van der Waals surface area (Å²) in [5.74, 6) is 2.30. The van der Waals surface area contributed by atoms with Crippen LogP contribution in [0.1, 0.15) is 50.5 Å². The molecule has 0 spiro atoms. The number of amides is 1. The molecule has 4 nitrogen and oxygen atoms in total. The van der Waals surface area contributed by atoms with Crippen molar-refractivity contribution in [1.82, 2.24) is 9.80 Å². The van der Waals surface area contributed by atoms with Crippen LogP contribution >= 0.6 is 0 Å². The van der Waals surface area contributed by atoms with Gasteiger partial charge in [-0.05, 0) is 43.6 Å². The average Bonchev–Trinajstić information content (AvgIpc) is 3.19. The van der Waals surface area contributed by atoms with Gasteiger partial charge in [-0.3, -0.25) is 14.7 Å². The molecule has 1 aromatic carbocycles. The van der Waals surface area contributed by atoms with Crippen LogP contribution < -0.4 is 0 Å². The van der Waals surface area contributed by atoms with Gasteiger partial charge >= 0.3 is 0 Å². The molecule has 1 aromatic rings. The van der Waals surface area contributed by atoms with Gasteiger partial charge in [-0.15, -0.1) is 0 Å². The molecule has 0 aromatic heterocycles. The second kappa shape index (κ2) is 8.24. The molecule has 0 unspecified atom stereocenters. The smallest absolute Gasteiger partial charge is 0.232 e. The number of hydrogen-bond acceptors (Lipinski definition) is 3. The number of guanidine groups is 1. The fourth-order valence-electron chi connectivity index (χ4n) is 4.77. The first-order chi connectivity index (χ1) is 12.8. The highest BCUT2D eigenvalue weighted by molar-refractivity contribution is 5.99. The van der Waals surface area contributed by atoms with E-state index in [9.17, 15) is 4.79 Å². The third-order valence-electron chi connectivity index (χ3n) is 6.30. The molecule has 4 heteroatoms. The highest BCUT2D eigenvalue weighted by atomic mass is 16.2. The lowest BCUT2D eigenvalue weighted by atomic mass is 9.88. The molecular weight excluding hydrogens is 322 g/mol. The number of piperidine rings is 1. The first kappa shape index (κ1) is 17.6. The summed E-state index contributed by atoms with van der Waals surface area (Å²) in [7, 11) is 0. The summed E-state index contributed by atoms with van der Waals surface area (Å²) < 4.78 is 0. The number of aliphatic imine (C=N–C) groups is 1. The third kappa shape index (κ3) is 3.94. The van der Waals surface area contributed by atoms with Crippen molar-refractivity contribution >= 4 is 11.9 Å². The van der Waals surface area contributed by atoms with Crippen LogP contribution in [0, 0.1) is 11.8 Å². The second-order valence-electron chi connectivity index (χ2n) is 8.13. The van der Waals surface area contributed by atoms with E-state index in [1.54, 1.807) is 0 Å². The minimum atomic E-state index is 0.239. The Morgan fingerprint density at radius 1 is 0.962 bits per heavy atom. The topological polar surface area (TPSA) is 35.9 Å². The first-order valence-corrected chi connectivity index (χ1v) is 10.5. The summed E-state index contributed by atoms with van der Waals surface area (Å²) in [5, 5.41) is 0. The molecule has 1 amide bonds. The zero-order valence-corrected chi connectivity index (χ0v) is 15.8. The first-order valence-electron chi connectivity index (χ1n) is 10.5. The second-order valence-corrected chi connectivity index (χ2v) is 8.13. The SMILES string of the molecule is O=C(C1CCCCC1)N1CCN=C1N1CCC(Cc2ccccc2)CC1. The maximum atomic E-state index is 13.0. The molecule has 0 radical (unpaired) electrons.